The van der Waals surface area contributed by atoms with E-state index in [0.717, 1.165) is 13.1 Å². The van der Waals surface area contributed by atoms with Gasteiger partial charge in [0.1, 0.15) is 0 Å². The Balaban J connectivity index is 1.94. The Labute approximate surface area is 107 Å². The Morgan fingerprint density at radius 2 is 1.33 bits per heavy atom. The fraction of sp³-hybridized carbons (Fsp3) is 0.125. The Kier molecular flexibility index (Phi) is 3.01. The van der Waals surface area contributed by atoms with Gasteiger partial charge in [-0.2, -0.15) is 0 Å². The molecule has 90 valence electrons. The third-order valence-corrected chi connectivity index (χ3v) is 3.10. The van der Waals surface area contributed by atoms with Crippen molar-refractivity contribution in [2.75, 3.05) is 13.1 Å². The Bertz CT molecular complexity index is 515. The van der Waals surface area contributed by atoms with E-state index in [1.165, 1.54) is 22.5 Å². The van der Waals surface area contributed by atoms with Gasteiger partial charge < -0.3 is 10.6 Å². The molecule has 1 aromatic rings. The monoisotopic (exact) mass is 236 g/mol. The van der Waals surface area contributed by atoms with Crippen molar-refractivity contribution in [3.05, 3.63) is 71.8 Å². The molecule has 2 N–H and O–H groups in total. The summed E-state index contributed by atoms with van der Waals surface area (Å²) in [5.41, 5.74) is 4.83. The first kappa shape index (κ1) is 10.9. The van der Waals surface area contributed by atoms with Crippen molar-refractivity contribution in [2.45, 2.75) is 0 Å². The first-order valence-corrected chi connectivity index (χ1v) is 6.26. The van der Waals surface area contributed by atoms with E-state index in [4.69, 9.17) is 0 Å². The summed E-state index contributed by atoms with van der Waals surface area (Å²) in [6.07, 6.45) is 12.7. The topological polar surface area (TPSA) is 24.1 Å². The van der Waals surface area contributed by atoms with E-state index < -0.39 is 0 Å². The molecular formula is C16H16N2. The lowest BCUT2D eigenvalue weighted by Gasteiger charge is -2.16. The molecule has 0 spiro atoms. The molecule has 0 saturated heterocycles. The third kappa shape index (κ3) is 2.23. The molecule has 1 aromatic carbocycles. The van der Waals surface area contributed by atoms with E-state index >= 15 is 0 Å². The summed E-state index contributed by atoms with van der Waals surface area (Å²) in [6, 6.07) is 8.60. The molecule has 0 atom stereocenters. The lowest BCUT2D eigenvalue weighted by atomic mass is 10.0. The Morgan fingerprint density at radius 3 is 1.78 bits per heavy atom. The molecule has 0 unspecified atom stereocenters. The first-order valence-electron chi connectivity index (χ1n) is 6.26. The molecule has 0 radical (unpaired) electrons. The van der Waals surface area contributed by atoms with Gasteiger partial charge in [0.15, 0.2) is 0 Å². The molecule has 18 heavy (non-hydrogen) atoms. The van der Waals surface area contributed by atoms with Crippen molar-refractivity contribution < 1.29 is 0 Å². The van der Waals surface area contributed by atoms with E-state index in [-0.39, 0.29) is 0 Å². The number of hydrogen-bond acceptors (Lipinski definition) is 2. The summed E-state index contributed by atoms with van der Waals surface area (Å²) in [5, 5.41) is 6.77. The highest BCUT2D eigenvalue weighted by molar-refractivity contribution is 5.73. The zero-order valence-electron chi connectivity index (χ0n) is 10.2. The van der Waals surface area contributed by atoms with Gasteiger partial charge >= 0.3 is 0 Å². The van der Waals surface area contributed by atoms with Gasteiger partial charge in [0, 0.05) is 24.5 Å². The normalized spacial score (nSPS) is 17.6. The minimum Gasteiger partial charge on any atom is -0.381 e. The molecular weight excluding hydrogens is 220 g/mol. The minimum atomic E-state index is 0.903. The third-order valence-electron chi connectivity index (χ3n) is 3.10. The van der Waals surface area contributed by atoms with Crippen molar-refractivity contribution in [1.82, 2.24) is 10.6 Å². The van der Waals surface area contributed by atoms with Crippen LogP contribution in [-0.2, 0) is 0 Å². The van der Waals surface area contributed by atoms with Gasteiger partial charge in [0.25, 0.3) is 0 Å². The lowest BCUT2D eigenvalue weighted by molar-refractivity contribution is 0.988. The maximum Gasteiger partial charge on any atom is 0.0416 e. The van der Waals surface area contributed by atoms with Crippen molar-refractivity contribution in [1.29, 1.82) is 0 Å². The van der Waals surface area contributed by atoms with Gasteiger partial charge in [-0.15, -0.1) is 0 Å². The predicted octanol–water partition coefficient (Wildman–Crippen LogP) is 2.69. The molecule has 2 heteroatoms. The second-order valence-corrected chi connectivity index (χ2v) is 4.36. The highest BCUT2D eigenvalue weighted by Crippen LogP contribution is 2.20. The lowest BCUT2D eigenvalue weighted by Crippen LogP contribution is -2.16. The average molecular weight is 236 g/mol. The molecule has 0 amide bonds. The first-order chi connectivity index (χ1) is 8.93. The van der Waals surface area contributed by atoms with E-state index in [1.54, 1.807) is 0 Å². The number of nitrogens with one attached hydrogen (secondary N) is 2. The highest BCUT2D eigenvalue weighted by atomic mass is 14.9. The maximum atomic E-state index is 3.39. The zero-order chi connectivity index (χ0) is 12.2. The zero-order valence-corrected chi connectivity index (χ0v) is 10.2. The summed E-state index contributed by atoms with van der Waals surface area (Å²) in [4.78, 5) is 0. The molecule has 3 rings (SSSR count). The quantitative estimate of drug-likeness (QED) is 0.825. The largest absolute Gasteiger partial charge is 0.381 e. The number of benzene rings is 1. The predicted molar refractivity (Wildman–Crippen MR) is 76.7 cm³/mol. The summed E-state index contributed by atoms with van der Waals surface area (Å²) in [6.45, 7) is 1.81. The smallest absolute Gasteiger partial charge is 0.0416 e. The maximum absolute atomic E-state index is 3.39. The molecule has 0 fully saturated rings. The van der Waals surface area contributed by atoms with Gasteiger partial charge in [-0.05, 0) is 29.3 Å². The SMILES string of the molecule is C1=CCNC(c2cccc(C3=CC=CCN3)c2)=C1. The summed E-state index contributed by atoms with van der Waals surface area (Å²) >= 11 is 0. The van der Waals surface area contributed by atoms with E-state index in [9.17, 15) is 0 Å². The van der Waals surface area contributed by atoms with Crippen LogP contribution in [0.15, 0.2) is 60.7 Å². The Hall–Kier alpha value is -2.22. The fourth-order valence-electron chi connectivity index (χ4n) is 2.17. The molecule has 2 aliphatic rings. The van der Waals surface area contributed by atoms with Crippen LogP contribution in [0.3, 0.4) is 0 Å². The summed E-state index contributed by atoms with van der Waals surface area (Å²) in [7, 11) is 0. The average Bonchev–Trinajstić information content (AvgIpc) is 2.49. The molecule has 2 aliphatic heterocycles. The van der Waals surface area contributed by atoms with Gasteiger partial charge in [0.2, 0.25) is 0 Å². The van der Waals surface area contributed by atoms with Gasteiger partial charge in [-0.25, -0.2) is 0 Å². The minimum absolute atomic E-state index is 0.903. The molecule has 0 aliphatic carbocycles. The number of allylic oxidation sites excluding steroid dienone is 4. The fourth-order valence-corrected chi connectivity index (χ4v) is 2.17. The van der Waals surface area contributed by atoms with E-state index in [2.05, 4.69) is 71.4 Å². The van der Waals surface area contributed by atoms with Crippen molar-refractivity contribution in [3.8, 4) is 0 Å². The number of hydrogen-bond donors (Lipinski definition) is 2. The van der Waals surface area contributed by atoms with Crippen LogP contribution in [0.1, 0.15) is 11.1 Å². The molecule has 0 aromatic heterocycles. The van der Waals surface area contributed by atoms with Crippen LogP contribution >= 0.6 is 0 Å². The molecule has 0 bridgehead atoms. The standard InChI is InChI=1S/C16H16N2/c1-3-10-17-15(8-1)13-6-5-7-14(12-13)16-9-2-4-11-18-16/h1-9,12,17-18H,10-11H2. The van der Waals surface area contributed by atoms with Gasteiger partial charge in [-0.1, -0.05) is 42.5 Å². The summed E-state index contributed by atoms with van der Waals surface area (Å²) < 4.78 is 0. The van der Waals surface area contributed by atoms with E-state index in [0.29, 0.717) is 0 Å². The number of dihydropyridines is 2. The second kappa shape index (κ2) is 4.96. The van der Waals surface area contributed by atoms with E-state index in [1.807, 2.05) is 0 Å². The van der Waals surface area contributed by atoms with Crippen LogP contribution in [0.25, 0.3) is 11.4 Å². The van der Waals surface area contributed by atoms with Crippen LogP contribution in [0.5, 0.6) is 0 Å². The molecule has 2 heterocycles. The second-order valence-electron chi connectivity index (χ2n) is 4.36. The summed E-state index contributed by atoms with van der Waals surface area (Å²) in [5.74, 6) is 0. The van der Waals surface area contributed by atoms with Crippen molar-refractivity contribution in [2.24, 2.45) is 0 Å². The van der Waals surface area contributed by atoms with Crippen LogP contribution in [0, 0.1) is 0 Å². The van der Waals surface area contributed by atoms with Crippen LogP contribution in [-0.4, -0.2) is 13.1 Å². The van der Waals surface area contributed by atoms with Crippen molar-refractivity contribution in [3.63, 3.8) is 0 Å². The van der Waals surface area contributed by atoms with Crippen LogP contribution in [0.4, 0.5) is 0 Å². The Morgan fingerprint density at radius 1 is 0.778 bits per heavy atom. The van der Waals surface area contributed by atoms with Gasteiger partial charge in [-0.3, -0.25) is 0 Å². The van der Waals surface area contributed by atoms with Crippen LogP contribution < -0.4 is 10.6 Å². The number of rotatable bonds is 2. The van der Waals surface area contributed by atoms with Crippen molar-refractivity contribution >= 4 is 11.4 Å². The molecule has 0 saturated carbocycles. The molecule has 2 nitrogen and oxygen atoms in total. The highest BCUT2D eigenvalue weighted by Gasteiger charge is 2.06. The van der Waals surface area contributed by atoms with Crippen LogP contribution in [0.2, 0.25) is 0 Å². The van der Waals surface area contributed by atoms with Gasteiger partial charge in [0.05, 0.1) is 0 Å².